The molecule has 104 valence electrons. The fourth-order valence-electron chi connectivity index (χ4n) is 2.21. The molecule has 0 bridgehead atoms. The minimum absolute atomic E-state index is 0.0547. The Morgan fingerprint density at radius 2 is 2.16 bits per heavy atom. The highest BCUT2D eigenvalue weighted by Crippen LogP contribution is 2.23. The van der Waals surface area contributed by atoms with Crippen molar-refractivity contribution in [3.8, 4) is 5.75 Å². The first-order valence-corrected chi connectivity index (χ1v) is 6.16. The lowest BCUT2D eigenvalue weighted by Gasteiger charge is -2.31. The number of carbonyl (C=O) groups excluding carboxylic acids is 1. The van der Waals surface area contributed by atoms with Gasteiger partial charge in [-0.05, 0) is 25.0 Å². The Bertz CT molecular complexity index is 454. The molecule has 1 saturated heterocycles. The molecule has 0 saturated carbocycles. The maximum absolute atomic E-state index is 12.3. The molecule has 0 aliphatic carbocycles. The van der Waals surface area contributed by atoms with Crippen molar-refractivity contribution in [2.75, 3.05) is 13.1 Å². The van der Waals surface area contributed by atoms with Crippen LogP contribution in [0.15, 0.2) is 24.3 Å². The minimum Gasteiger partial charge on any atom is -0.434 e. The van der Waals surface area contributed by atoms with Crippen LogP contribution in [0, 0.1) is 0 Å². The largest absolute Gasteiger partial charge is 0.434 e. The van der Waals surface area contributed by atoms with Crippen LogP contribution in [-0.2, 0) is 0 Å². The summed E-state index contributed by atoms with van der Waals surface area (Å²) in [5, 5.41) is 0. The van der Waals surface area contributed by atoms with Gasteiger partial charge in [-0.15, -0.1) is 0 Å². The lowest BCUT2D eigenvalue weighted by atomic mass is 10.0. The smallest absolute Gasteiger partial charge is 0.387 e. The summed E-state index contributed by atoms with van der Waals surface area (Å²) >= 11 is 0. The van der Waals surface area contributed by atoms with Crippen LogP contribution < -0.4 is 10.5 Å². The van der Waals surface area contributed by atoms with Gasteiger partial charge in [-0.1, -0.05) is 12.1 Å². The molecule has 1 heterocycles. The zero-order valence-electron chi connectivity index (χ0n) is 10.4. The third kappa shape index (κ3) is 3.41. The summed E-state index contributed by atoms with van der Waals surface area (Å²) in [6.45, 7) is -1.91. The first kappa shape index (κ1) is 13.7. The zero-order chi connectivity index (χ0) is 13.8. The van der Waals surface area contributed by atoms with Crippen LogP contribution in [0.3, 0.4) is 0 Å². The van der Waals surface area contributed by atoms with Crippen LogP contribution in [0.4, 0.5) is 8.78 Å². The van der Waals surface area contributed by atoms with E-state index in [1.165, 1.54) is 12.1 Å². The Labute approximate surface area is 110 Å². The van der Waals surface area contributed by atoms with Crippen molar-refractivity contribution in [2.24, 2.45) is 5.73 Å². The molecule has 1 unspecified atom stereocenters. The number of ether oxygens (including phenoxy) is 1. The van der Waals surface area contributed by atoms with Crippen molar-refractivity contribution >= 4 is 5.91 Å². The maximum Gasteiger partial charge on any atom is 0.387 e. The lowest BCUT2D eigenvalue weighted by Crippen LogP contribution is -2.45. The second-order valence-corrected chi connectivity index (χ2v) is 4.53. The molecule has 0 radical (unpaired) electrons. The van der Waals surface area contributed by atoms with E-state index in [0.717, 1.165) is 12.8 Å². The number of para-hydroxylation sites is 1. The SMILES string of the molecule is NC1CCCN(C(=O)c2ccccc2OC(F)F)C1. The molecule has 1 aromatic carbocycles. The summed E-state index contributed by atoms with van der Waals surface area (Å²) in [5.41, 5.74) is 5.96. The van der Waals surface area contributed by atoms with E-state index in [4.69, 9.17) is 5.73 Å². The van der Waals surface area contributed by atoms with Crippen molar-refractivity contribution in [1.82, 2.24) is 4.90 Å². The van der Waals surface area contributed by atoms with Gasteiger partial charge in [0.1, 0.15) is 5.75 Å². The topological polar surface area (TPSA) is 55.6 Å². The number of carbonyl (C=O) groups is 1. The van der Waals surface area contributed by atoms with Gasteiger partial charge in [0, 0.05) is 19.1 Å². The number of nitrogens with two attached hydrogens (primary N) is 1. The summed E-state index contributed by atoms with van der Waals surface area (Å²) in [7, 11) is 0. The highest BCUT2D eigenvalue weighted by Gasteiger charge is 2.25. The van der Waals surface area contributed by atoms with Crippen molar-refractivity contribution in [1.29, 1.82) is 0 Å². The molecule has 1 aromatic rings. The molecule has 1 fully saturated rings. The minimum atomic E-state index is -2.95. The number of hydrogen-bond acceptors (Lipinski definition) is 3. The average Bonchev–Trinajstić information content (AvgIpc) is 2.38. The molecule has 0 spiro atoms. The molecule has 1 aliphatic heterocycles. The highest BCUT2D eigenvalue weighted by molar-refractivity contribution is 5.97. The molecule has 0 aromatic heterocycles. The van der Waals surface area contributed by atoms with Gasteiger partial charge in [0.15, 0.2) is 0 Å². The Kier molecular flexibility index (Phi) is 4.31. The second-order valence-electron chi connectivity index (χ2n) is 4.53. The second kappa shape index (κ2) is 5.97. The first-order chi connectivity index (χ1) is 9.08. The number of alkyl halides is 2. The van der Waals surface area contributed by atoms with E-state index >= 15 is 0 Å². The quantitative estimate of drug-likeness (QED) is 0.912. The molecule has 1 amide bonds. The fraction of sp³-hybridized carbons (Fsp3) is 0.462. The van der Waals surface area contributed by atoms with Gasteiger partial charge in [-0.2, -0.15) is 8.78 Å². The number of rotatable bonds is 3. The number of benzene rings is 1. The molecular formula is C13H16F2N2O2. The number of nitrogens with zero attached hydrogens (tertiary/aromatic N) is 1. The Morgan fingerprint density at radius 1 is 1.42 bits per heavy atom. The van der Waals surface area contributed by atoms with Gasteiger partial charge in [-0.3, -0.25) is 4.79 Å². The third-order valence-electron chi connectivity index (χ3n) is 3.08. The fourth-order valence-corrected chi connectivity index (χ4v) is 2.21. The number of amides is 1. The van der Waals surface area contributed by atoms with E-state index < -0.39 is 6.61 Å². The van der Waals surface area contributed by atoms with Crippen LogP contribution in [0.1, 0.15) is 23.2 Å². The molecule has 1 atom stereocenters. The first-order valence-electron chi connectivity index (χ1n) is 6.16. The van der Waals surface area contributed by atoms with Gasteiger partial charge in [0.2, 0.25) is 0 Å². The van der Waals surface area contributed by atoms with Crippen molar-refractivity contribution in [3.05, 3.63) is 29.8 Å². The average molecular weight is 270 g/mol. The molecule has 2 N–H and O–H groups in total. The predicted octanol–water partition coefficient (Wildman–Crippen LogP) is 1.85. The van der Waals surface area contributed by atoms with E-state index in [0.29, 0.717) is 13.1 Å². The van der Waals surface area contributed by atoms with Crippen molar-refractivity contribution < 1.29 is 18.3 Å². The van der Waals surface area contributed by atoms with Crippen molar-refractivity contribution in [3.63, 3.8) is 0 Å². The Morgan fingerprint density at radius 3 is 2.84 bits per heavy atom. The van der Waals surface area contributed by atoms with Gasteiger partial charge >= 0.3 is 6.61 Å². The molecule has 1 aliphatic rings. The van der Waals surface area contributed by atoms with Crippen molar-refractivity contribution in [2.45, 2.75) is 25.5 Å². The number of hydrogen-bond donors (Lipinski definition) is 1. The van der Waals surface area contributed by atoms with E-state index in [1.54, 1.807) is 17.0 Å². The predicted molar refractivity (Wildman–Crippen MR) is 66.2 cm³/mol. The molecule has 4 nitrogen and oxygen atoms in total. The summed E-state index contributed by atoms with van der Waals surface area (Å²) < 4.78 is 29.0. The van der Waals surface area contributed by atoms with Crippen LogP contribution in [-0.4, -0.2) is 36.5 Å². The molecule has 6 heteroatoms. The monoisotopic (exact) mass is 270 g/mol. The van der Waals surface area contributed by atoms with Crippen LogP contribution >= 0.6 is 0 Å². The number of halogens is 2. The summed E-state index contributed by atoms with van der Waals surface area (Å²) in [4.78, 5) is 13.9. The summed E-state index contributed by atoms with van der Waals surface area (Å²) in [5.74, 6) is -0.409. The van der Waals surface area contributed by atoms with E-state index in [-0.39, 0.29) is 23.3 Å². The van der Waals surface area contributed by atoms with Crippen LogP contribution in [0.25, 0.3) is 0 Å². The molecule has 19 heavy (non-hydrogen) atoms. The normalized spacial score (nSPS) is 19.6. The number of likely N-dealkylation sites (tertiary alicyclic amines) is 1. The van der Waals surface area contributed by atoms with Crippen LogP contribution in [0.2, 0.25) is 0 Å². The van der Waals surface area contributed by atoms with E-state index in [2.05, 4.69) is 4.74 Å². The summed E-state index contributed by atoms with van der Waals surface area (Å²) in [6, 6.07) is 5.97. The van der Waals surface area contributed by atoms with Crippen LogP contribution in [0.5, 0.6) is 5.75 Å². The van der Waals surface area contributed by atoms with Gasteiger partial charge < -0.3 is 15.4 Å². The third-order valence-corrected chi connectivity index (χ3v) is 3.08. The zero-order valence-corrected chi connectivity index (χ0v) is 10.4. The Balaban J connectivity index is 2.18. The van der Waals surface area contributed by atoms with E-state index in [9.17, 15) is 13.6 Å². The maximum atomic E-state index is 12.3. The standard InChI is InChI=1S/C13H16F2N2O2/c14-13(15)19-11-6-2-1-5-10(11)12(18)17-7-3-4-9(16)8-17/h1-2,5-6,9,13H,3-4,7-8,16H2. The molecular weight excluding hydrogens is 254 g/mol. The van der Waals surface area contributed by atoms with E-state index in [1.807, 2.05) is 0 Å². The summed E-state index contributed by atoms with van der Waals surface area (Å²) in [6.07, 6.45) is 1.70. The lowest BCUT2D eigenvalue weighted by molar-refractivity contribution is -0.0503. The van der Waals surface area contributed by atoms with Gasteiger partial charge in [0.05, 0.1) is 5.56 Å². The number of piperidine rings is 1. The van der Waals surface area contributed by atoms with Gasteiger partial charge in [-0.25, -0.2) is 0 Å². The van der Waals surface area contributed by atoms with Gasteiger partial charge in [0.25, 0.3) is 5.91 Å². The molecule has 2 rings (SSSR count). The highest BCUT2D eigenvalue weighted by atomic mass is 19.3. The Hall–Kier alpha value is -1.69.